The van der Waals surface area contributed by atoms with E-state index in [1.165, 1.54) is 49.1 Å². The first-order valence-corrected chi connectivity index (χ1v) is 7.58. The van der Waals surface area contributed by atoms with Crippen molar-refractivity contribution >= 4 is 11.6 Å². The summed E-state index contributed by atoms with van der Waals surface area (Å²) in [6.45, 7) is 4.12. The van der Waals surface area contributed by atoms with Gasteiger partial charge in [0.2, 0.25) is 0 Å². The highest BCUT2D eigenvalue weighted by Gasteiger charge is 2.25. The summed E-state index contributed by atoms with van der Waals surface area (Å²) in [7, 11) is 0. The summed E-state index contributed by atoms with van der Waals surface area (Å²) in [6, 6.07) is 5.87. The summed E-state index contributed by atoms with van der Waals surface area (Å²) in [5.74, 6) is -0.266. The lowest BCUT2D eigenvalue weighted by atomic mass is 10.1. The van der Waals surface area contributed by atoms with Crippen molar-refractivity contribution in [2.24, 2.45) is 0 Å². The average molecular weight is 279 g/mol. The standard InChI is InChI=1S/C16H23FN2O/c1-13(19-11-5-3-2-4-6-12-19)16(20)18-15-9-7-14(17)8-10-15/h7-10,13H,2-6,11-12H2,1H3,(H,18,20)/p+1/t13-/m0/s1. The number of halogens is 1. The van der Waals surface area contributed by atoms with Gasteiger partial charge in [-0.2, -0.15) is 0 Å². The van der Waals surface area contributed by atoms with E-state index >= 15 is 0 Å². The minimum atomic E-state index is -0.287. The van der Waals surface area contributed by atoms with Crippen molar-refractivity contribution < 1.29 is 14.1 Å². The second-order valence-corrected chi connectivity index (χ2v) is 5.64. The van der Waals surface area contributed by atoms with Gasteiger partial charge in [0.05, 0.1) is 13.1 Å². The lowest BCUT2D eigenvalue weighted by molar-refractivity contribution is -0.914. The van der Waals surface area contributed by atoms with E-state index < -0.39 is 0 Å². The number of nitrogens with one attached hydrogen (secondary N) is 2. The van der Waals surface area contributed by atoms with Gasteiger partial charge in [-0.05, 0) is 56.9 Å². The highest BCUT2D eigenvalue weighted by molar-refractivity contribution is 5.93. The van der Waals surface area contributed by atoms with E-state index in [1.54, 1.807) is 12.1 Å². The molecule has 20 heavy (non-hydrogen) atoms. The molecule has 2 rings (SSSR count). The van der Waals surface area contributed by atoms with Crippen LogP contribution < -0.4 is 10.2 Å². The van der Waals surface area contributed by atoms with E-state index in [0.29, 0.717) is 5.69 Å². The number of benzene rings is 1. The van der Waals surface area contributed by atoms with Crippen LogP contribution in [-0.2, 0) is 4.79 Å². The van der Waals surface area contributed by atoms with Gasteiger partial charge in [-0.25, -0.2) is 4.39 Å². The van der Waals surface area contributed by atoms with Gasteiger partial charge in [0.25, 0.3) is 5.91 Å². The Morgan fingerprint density at radius 2 is 1.65 bits per heavy atom. The van der Waals surface area contributed by atoms with Crippen molar-refractivity contribution in [2.45, 2.75) is 45.1 Å². The summed E-state index contributed by atoms with van der Waals surface area (Å²) < 4.78 is 12.8. The molecule has 1 aliphatic heterocycles. The third-order valence-corrected chi connectivity index (χ3v) is 4.11. The lowest BCUT2D eigenvalue weighted by Gasteiger charge is -2.26. The van der Waals surface area contributed by atoms with Gasteiger partial charge >= 0.3 is 0 Å². The minimum Gasteiger partial charge on any atom is -0.325 e. The summed E-state index contributed by atoms with van der Waals surface area (Å²) in [5.41, 5.74) is 0.662. The molecule has 1 fully saturated rings. The monoisotopic (exact) mass is 279 g/mol. The molecule has 0 spiro atoms. The molecule has 2 N–H and O–H groups in total. The van der Waals surface area contributed by atoms with Gasteiger partial charge in [-0.3, -0.25) is 4.79 Å². The van der Waals surface area contributed by atoms with Crippen molar-refractivity contribution in [2.75, 3.05) is 18.4 Å². The normalized spacial score (nSPS) is 18.9. The van der Waals surface area contributed by atoms with Crippen LogP contribution in [0.4, 0.5) is 10.1 Å². The van der Waals surface area contributed by atoms with Crippen molar-refractivity contribution in [3.05, 3.63) is 30.1 Å². The molecule has 1 amide bonds. The van der Waals surface area contributed by atoms with Gasteiger partial charge in [0, 0.05) is 5.69 Å². The van der Waals surface area contributed by atoms with E-state index in [0.717, 1.165) is 13.1 Å². The van der Waals surface area contributed by atoms with E-state index in [1.807, 2.05) is 6.92 Å². The third kappa shape index (κ3) is 4.30. The number of rotatable bonds is 3. The van der Waals surface area contributed by atoms with Crippen LogP contribution in [0.15, 0.2) is 24.3 Å². The fraction of sp³-hybridized carbons (Fsp3) is 0.562. The maximum atomic E-state index is 12.8. The first kappa shape index (κ1) is 15.0. The number of anilines is 1. The molecule has 1 atom stereocenters. The Morgan fingerprint density at radius 3 is 2.25 bits per heavy atom. The van der Waals surface area contributed by atoms with Crippen LogP contribution in [0.2, 0.25) is 0 Å². The second kappa shape index (κ2) is 7.39. The summed E-state index contributed by atoms with van der Waals surface area (Å²) in [5, 5.41) is 2.88. The second-order valence-electron chi connectivity index (χ2n) is 5.64. The topological polar surface area (TPSA) is 33.5 Å². The summed E-state index contributed by atoms with van der Waals surface area (Å²) >= 11 is 0. The molecule has 3 nitrogen and oxygen atoms in total. The largest absolute Gasteiger partial charge is 0.325 e. The van der Waals surface area contributed by atoms with Crippen molar-refractivity contribution in [3.8, 4) is 0 Å². The van der Waals surface area contributed by atoms with E-state index in [4.69, 9.17) is 0 Å². The van der Waals surface area contributed by atoms with Gasteiger partial charge in [-0.1, -0.05) is 6.42 Å². The average Bonchev–Trinajstić information content (AvgIpc) is 2.40. The molecular weight excluding hydrogens is 255 g/mol. The van der Waals surface area contributed by atoms with Crippen LogP contribution in [0.3, 0.4) is 0 Å². The highest BCUT2D eigenvalue weighted by atomic mass is 19.1. The molecule has 0 aromatic heterocycles. The molecule has 0 saturated carbocycles. The Bertz CT molecular complexity index is 425. The predicted molar refractivity (Wildman–Crippen MR) is 78.3 cm³/mol. The number of hydrogen-bond donors (Lipinski definition) is 2. The van der Waals surface area contributed by atoms with Crippen molar-refractivity contribution in [3.63, 3.8) is 0 Å². The molecule has 0 aliphatic carbocycles. The summed E-state index contributed by atoms with van der Waals surface area (Å²) in [6.07, 6.45) is 6.27. The molecule has 1 aromatic carbocycles. The lowest BCUT2D eigenvalue weighted by Crippen LogP contribution is -3.16. The van der Waals surface area contributed by atoms with E-state index in [9.17, 15) is 9.18 Å². The van der Waals surface area contributed by atoms with Crippen molar-refractivity contribution in [1.29, 1.82) is 0 Å². The molecular formula is C16H24FN2O+. The Hall–Kier alpha value is -1.42. The van der Waals surface area contributed by atoms with Crippen LogP contribution in [0.1, 0.15) is 39.0 Å². The van der Waals surface area contributed by atoms with Crippen molar-refractivity contribution in [1.82, 2.24) is 0 Å². The fourth-order valence-corrected chi connectivity index (χ4v) is 2.76. The Balaban J connectivity index is 1.91. The smallest absolute Gasteiger partial charge is 0.282 e. The SMILES string of the molecule is C[C@@H](C(=O)Nc1ccc(F)cc1)[NH+]1CCCCCCC1. The first-order chi connectivity index (χ1) is 9.66. The van der Waals surface area contributed by atoms with E-state index in [-0.39, 0.29) is 17.8 Å². The molecule has 0 radical (unpaired) electrons. The molecule has 110 valence electrons. The maximum Gasteiger partial charge on any atom is 0.282 e. The maximum absolute atomic E-state index is 12.8. The van der Waals surface area contributed by atoms with Gasteiger partial charge in [0.15, 0.2) is 6.04 Å². The number of hydrogen-bond acceptors (Lipinski definition) is 1. The molecule has 1 saturated heterocycles. The number of amides is 1. The molecule has 1 aromatic rings. The zero-order valence-electron chi connectivity index (χ0n) is 12.1. The number of quaternary nitrogens is 1. The number of likely N-dealkylation sites (tertiary alicyclic amines) is 1. The van der Waals surface area contributed by atoms with Crippen LogP contribution in [0, 0.1) is 5.82 Å². The summed E-state index contributed by atoms with van der Waals surface area (Å²) in [4.78, 5) is 13.6. The minimum absolute atomic E-state index is 0.0205. The molecule has 4 heteroatoms. The molecule has 0 unspecified atom stereocenters. The van der Waals surface area contributed by atoms with Gasteiger partial charge < -0.3 is 10.2 Å². The molecule has 0 bridgehead atoms. The quantitative estimate of drug-likeness (QED) is 0.872. The van der Waals surface area contributed by atoms with Crippen LogP contribution in [0.25, 0.3) is 0 Å². The predicted octanol–water partition coefficient (Wildman–Crippen LogP) is 2.00. The fourth-order valence-electron chi connectivity index (χ4n) is 2.76. The van der Waals surface area contributed by atoms with Gasteiger partial charge in [0.1, 0.15) is 5.82 Å². The number of carbonyl (C=O) groups is 1. The molecule has 1 aliphatic rings. The molecule has 1 heterocycles. The Morgan fingerprint density at radius 1 is 1.10 bits per heavy atom. The van der Waals surface area contributed by atoms with Crippen LogP contribution in [-0.4, -0.2) is 25.0 Å². The highest BCUT2D eigenvalue weighted by Crippen LogP contribution is 2.08. The Kier molecular flexibility index (Phi) is 5.53. The third-order valence-electron chi connectivity index (χ3n) is 4.11. The van der Waals surface area contributed by atoms with Gasteiger partial charge in [-0.15, -0.1) is 0 Å². The zero-order chi connectivity index (χ0) is 14.4. The number of carbonyl (C=O) groups excluding carboxylic acids is 1. The van der Waals surface area contributed by atoms with Crippen LogP contribution in [0.5, 0.6) is 0 Å². The van der Waals surface area contributed by atoms with E-state index in [2.05, 4.69) is 5.32 Å². The Labute approximate surface area is 120 Å². The first-order valence-electron chi connectivity index (χ1n) is 7.58. The zero-order valence-corrected chi connectivity index (χ0v) is 12.1. The van der Waals surface area contributed by atoms with Crippen LogP contribution >= 0.6 is 0 Å².